The third-order valence-electron chi connectivity index (χ3n) is 3.53. The maximum Gasteiger partial charge on any atom is 0.117 e. The van der Waals surface area contributed by atoms with E-state index >= 15 is 0 Å². The van der Waals surface area contributed by atoms with E-state index in [0.717, 1.165) is 6.42 Å². The van der Waals surface area contributed by atoms with Gasteiger partial charge in [0.05, 0.1) is 0 Å². The highest BCUT2D eigenvalue weighted by atomic mass is 32.2. The Morgan fingerprint density at radius 1 is 1.00 bits per heavy atom. The molecule has 0 radical (unpaired) electrons. The molecular weight excluding hydrogens is 250 g/mol. The Hall–Kier alpha value is -1.67. The SMILES string of the molecule is Cc1ccccc1C1(Cc2ccccc2)NC=CS1. The van der Waals surface area contributed by atoms with Crippen molar-refractivity contribution in [3.05, 3.63) is 82.9 Å². The predicted octanol–water partition coefficient (Wildman–Crippen LogP) is 4.20. The fraction of sp³-hybridized carbons (Fsp3) is 0.176. The van der Waals surface area contributed by atoms with E-state index in [4.69, 9.17) is 0 Å². The van der Waals surface area contributed by atoms with Gasteiger partial charge in [-0.1, -0.05) is 66.4 Å². The Morgan fingerprint density at radius 2 is 1.74 bits per heavy atom. The summed E-state index contributed by atoms with van der Waals surface area (Å²) in [5.74, 6) is 0. The van der Waals surface area contributed by atoms with Crippen LogP contribution in [0, 0.1) is 6.92 Å². The summed E-state index contributed by atoms with van der Waals surface area (Å²) in [5.41, 5.74) is 4.06. The molecule has 1 nitrogen and oxygen atoms in total. The van der Waals surface area contributed by atoms with Gasteiger partial charge in [-0.3, -0.25) is 0 Å². The predicted molar refractivity (Wildman–Crippen MR) is 82.9 cm³/mol. The molecule has 96 valence electrons. The molecule has 1 N–H and O–H groups in total. The van der Waals surface area contributed by atoms with Crippen LogP contribution in [-0.4, -0.2) is 0 Å². The number of benzene rings is 2. The first kappa shape index (κ1) is 12.4. The molecule has 2 aromatic rings. The molecule has 0 bridgehead atoms. The van der Waals surface area contributed by atoms with Gasteiger partial charge in [0.15, 0.2) is 0 Å². The smallest absolute Gasteiger partial charge is 0.117 e. The summed E-state index contributed by atoms with van der Waals surface area (Å²) < 4.78 is 0. The zero-order valence-corrected chi connectivity index (χ0v) is 11.8. The molecule has 0 amide bonds. The van der Waals surface area contributed by atoms with E-state index in [2.05, 4.69) is 78.4 Å². The maximum atomic E-state index is 3.56. The van der Waals surface area contributed by atoms with Crippen LogP contribution in [-0.2, 0) is 11.3 Å². The second-order valence-corrected chi connectivity index (χ2v) is 6.07. The molecule has 0 saturated heterocycles. The highest BCUT2D eigenvalue weighted by Gasteiger charge is 2.35. The number of aryl methyl sites for hydroxylation is 1. The van der Waals surface area contributed by atoms with E-state index in [1.54, 1.807) is 0 Å². The van der Waals surface area contributed by atoms with Crippen molar-refractivity contribution in [3.8, 4) is 0 Å². The third kappa shape index (κ3) is 2.41. The van der Waals surface area contributed by atoms with Gasteiger partial charge in [-0.25, -0.2) is 0 Å². The fourth-order valence-electron chi connectivity index (χ4n) is 2.59. The first-order valence-electron chi connectivity index (χ1n) is 6.51. The molecular formula is C17H17NS. The lowest BCUT2D eigenvalue weighted by molar-refractivity contribution is 0.564. The molecule has 2 aromatic carbocycles. The first-order valence-corrected chi connectivity index (χ1v) is 7.39. The Labute approximate surface area is 118 Å². The number of nitrogens with one attached hydrogen (secondary N) is 1. The summed E-state index contributed by atoms with van der Waals surface area (Å²) in [7, 11) is 0. The van der Waals surface area contributed by atoms with Crippen LogP contribution < -0.4 is 5.32 Å². The Kier molecular flexibility index (Phi) is 3.34. The molecule has 1 unspecified atom stereocenters. The molecule has 2 heteroatoms. The molecule has 1 aliphatic rings. The van der Waals surface area contributed by atoms with Gasteiger partial charge in [0.25, 0.3) is 0 Å². The van der Waals surface area contributed by atoms with Crippen molar-refractivity contribution < 1.29 is 0 Å². The average Bonchev–Trinajstić information content (AvgIpc) is 2.90. The van der Waals surface area contributed by atoms with E-state index in [-0.39, 0.29) is 4.87 Å². The van der Waals surface area contributed by atoms with E-state index in [1.165, 1.54) is 16.7 Å². The molecule has 0 spiro atoms. The van der Waals surface area contributed by atoms with E-state index < -0.39 is 0 Å². The Balaban J connectivity index is 1.99. The van der Waals surface area contributed by atoms with Crippen molar-refractivity contribution in [2.45, 2.75) is 18.2 Å². The minimum atomic E-state index is -0.0628. The zero-order valence-electron chi connectivity index (χ0n) is 11.0. The van der Waals surface area contributed by atoms with Gasteiger partial charge in [0.2, 0.25) is 0 Å². The summed E-state index contributed by atoms with van der Waals surface area (Å²) in [6.07, 6.45) is 3.04. The Morgan fingerprint density at radius 3 is 2.42 bits per heavy atom. The number of rotatable bonds is 3. The number of hydrogen-bond donors (Lipinski definition) is 1. The van der Waals surface area contributed by atoms with Crippen molar-refractivity contribution >= 4 is 11.8 Å². The minimum absolute atomic E-state index is 0.0628. The quantitative estimate of drug-likeness (QED) is 0.894. The largest absolute Gasteiger partial charge is 0.372 e. The lowest BCUT2D eigenvalue weighted by atomic mass is 9.94. The highest BCUT2D eigenvalue weighted by molar-refractivity contribution is 8.03. The van der Waals surface area contributed by atoms with Gasteiger partial charge in [-0.15, -0.1) is 0 Å². The van der Waals surface area contributed by atoms with Gasteiger partial charge in [0, 0.05) is 12.6 Å². The van der Waals surface area contributed by atoms with Crippen LogP contribution in [0.2, 0.25) is 0 Å². The van der Waals surface area contributed by atoms with Gasteiger partial charge in [-0.05, 0) is 29.0 Å². The van der Waals surface area contributed by atoms with Crippen LogP contribution in [0.1, 0.15) is 16.7 Å². The summed E-state index contributed by atoms with van der Waals surface area (Å²) in [6.45, 7) is 2.18. The fourth-order valence-corrected chi connectivity index (χ4v) is 3.70. The molecule has 3 rings (SSSR count). The van der Waals surface area contributed by atoms with Crippen molar-refractivity contribution in [2.24, 2.45) is 0 Å². The maximum absolute atomic E-state index is 3.56. The molecule has 1 heterocycles. The molecule has 0 aliphatic carbocycles. The first-order chi connectivity index (χ1) is 9.30. The van der Waals surface area contributed by atoms with Crippen LogP contribution in [0.5, 0.6) is 0 Å². The third-order valence-corrected chi connectivity index (χ3v) is 4.69. The second-order valence-electron chi connectivity index (χ2n) is 4.87. The lowest BCUT2D eigenvalue weighted by Gasteiger charge is -2.31. The van der Waals surface area contributed by atoms with E-state index in [1.807, 2.05) is 11.8 Å². The summed E-state index contributed by atoms with van der Waals surface area (Å²) in [4.78, 5) is -0.0628. The van der Waals surface area contributed by atoms with Crippen LogP contribution >= 0.6 is 11.8 Å². The molecule has 1 atom stereocenters. The van der Waals surface area contributed by atoms with Gasteiger partial charge in [0.1, 0.15) is 4.87 Å². The topological polar surface area (TPSA) is 12.0 Å². The molecule has 19 heavy (non-hydrogen) atoms. The summed E-state index contributed by atoms with van der Waals surface area (Å²) >= 11 is 1.86. The minimum Gasteiger partial charge on any atom is -0.372 e. The number of hydrogen-bond acceptors (Lipinski definition) is 2. The average molecular weight is 267 g/mol. The molecule has 0 fully saturated rings. The van der Waals surface area contributed by atoms with Gasteiger partial charge >= 0.3 is 0 Å². The molecule has 0 saturated carbocycles. The van der Waals surface area contributed by atoms with Crippen molar-refractivity contribution in [2.75, 3.05) is 0 Å². The Bertz CT molecular complexity index is 581. The van der Waals surface area contributed by atoms with Crippen LogP contribution in [0.3, 0.4) is 0 Å². The monoisotopic (exact) mass is 267 g/mol. The zero-order chi connectivity index (χ0) is 13.1. The standard InChI is InChI=1S/C17H17NS/c1-14-7-5-6-10-16(14)17(18-11-12-19-17)13-15-8-3-2-4-9-15/h2-12,18H,13H2,1H3. The number of thioether (sulfide) groups is 1. The highest BCUT2D eigenvalue weighted by Crippen LogP contribution is 2.42. The second kappa shape index (κ2) is 5.14. The van der Waals surface area contributed by atoms with Crippen LogP contribution in [0.25, 0.3) is 0 Å². The van der Waals surface area contributed by atoms with E-state index in [0.29, 0.717) is 0 Å². The van der Waals surface area contributed by atoms with E-state index in [9.17, 15) is 0 Å². The van der Waals surface area contributed by atoms with Crippen molar-refractivity contribution in [1.82, 2.24) is 5.32 Å². The normalized spacial score (nSPS) is 21.3. The van der Waals surface area contributed by atoms with Gasteiger partial charge in [-0.2, -0.15) is 0 Å². The molecule has 1 aliphatic heterocycles. The lowest BCUT2D eigenvalue weighted by Crippen LogP contribution is -2.35. The summed E-state index contributed by atoms with van der Waals surface area (Å²) in [6, 6.07) is 19.3. The van der Waals surface area contributed by atoms with Gasteiger partial charge < -0.3 is 5.32 Å². The van der Waals surface area contributed by atoms with Crippen LogP contribution in [0.15, 0.2) is 66.2 Å². The van der Waals surface area contributed by atoms with Crippen molar-refractivity contribution in [1.29, 1.82) is 0 Å². The van der Waals surface area contributed by atoms with Crippen molar-refractivity contribution in [3.63, 3.8) is 0 Å². The molecule has 0 aromatic heterocycles. The van der Waals surface area contributed by atoms with Crippen LogP contribution in [0.4, 0.5) is 0 Å². The summed E-state index contributed by atoms with van der Waals surface area (Å²) in [5, 5.41) is 5.71.